The summed E-state index contributed by atoms with van der Waals surface area (Å²) in [6.45, 7) is 6.89. The van der Waals surface area contributed by atoms with E-state index in [9.17, 15) is 20.1 Å². The quantitative estimate of drug-likeness (QED) is 0.429. The smallest absolute Gasteiger partial charge is 0.224 e. The molecule has 11 atom stereocenters. The molecule has 1 amide bonds. The molecule has 0 radical (unpaired) electrons. The Bertz CT molecular complexity index is 967. The van der Waals surface area contributed by atoms with Crippen molar-refractivity contribution in [1.82, 2.24) is 0 Å². The highest BCUT2D eigenvalue weighted by molar-refractivity contribution is 5.90. The van der Waals surface area contributed by atoms with Crippen molar-refractivity contribution < 1.29 is 24.9 Å². The van der Waals surface area contributed by atoms with Crippen molar-refractivity contribution in [3.63, 3.8) is 0 Å². The number of carbonyl (C=O) groups is 1. The molecule has 37 heavy (non-hydrogen) atoms. The lowest BCUT2D eigenvalue weighted by atomic mass is 9.43. The van der Waals surface area contributed by atoms with Crippen molar-refractivity contribution in [2.75, 3.05) is 12.4 Å². The van der Waals surface area contributed by atoms with Gasteiger partial charge < -0.3 is 25.4 Å². The average molecular weight is 514 g/mol. The van der Waals surface area contributed by atoms with E-state index >= 15 is 0 Å². The van der Waals surface area contributed by atoms with Crippen LogP contribution < -0.4 is 10.1 Å². The minimum atomic E-state index is -0.392. The lowest BCUT2D eigenvalue weighted by molar-refractivity contribution is -0.207. The van der Waals surface area contributed by atoms with Gasteiger partial charge in [0.25, 0.3) is 0 Å². The van der Waals surface area contributed by atoms with Gasteiger partial charge in [0.05, 0.1) is 25.4 Å². The Hall–Kier alpha value is -1.63. The fourth-order valence-electron chi connectivity index (χ4n) is 9.59. The number of aliphatic hydroxyl groups excluding tert-OH is 3. The van der Waals surface area contributed by atoms with E-state index in [-0.39, 0.29) is 34.9 Å². The fourth-order valence-corrected chi connectivity index (χ4v) is 9.59. The molecule has 4 aliphatic carbocycles. The van der Waals surface area contributed by atoms with Gasteiger partial charge in [0.1, 0.15) is 5.75 Å². The van der Waals surface area contributed by atoms with E-state index in [2.05, 4.69) is 26.1 Å². The van der Waals surface area contributed by atoms with Gasteiger partial charge in [-0.2, -0.15) is 0 Å². The summed E-state index contributed by atoms with van der Waals surface area (Å²) in [5.41, 5.74) is 0.633. The SMILES string of the molecule is COc1ccc(NC(=O)CC[C@@H](C)[C@H]2CCC3C4C(C[C@H](O)[C@@]32C)[C@@]2(C)CC[C@@H](O)CC2C[C@H]4O)cc1. The predicted octanol–water partition coefficient (Wildman–Crippen LogP) is 5.01. The van der Waals surface area contributed by atoms with E-state index in [0.717, 1.165) is 62.8 Å². The molecule has 0 saturated heterocycles. The number of fused-ring (bicyclic) bond motifs is 5. The molecule has 4 unspecified atom stereocenters. The summed E-state index contributed by atoms with van der Waals surface area (Å²) in [7, 11) is 1.62. The van der Waals surface area contributed by atoms with Crippen LogP contribution in [-0.4, -0.2) is 46.6 Å². The molecular formula is C31H47NO5. The minimum Gasteiger partial charge on any atom is -0.497 e. The Kier molecular flexibility index (Phi) is 7.40. The molecule has 0 spiro atoms. The largest absolute Gasteiger partial charge is 0.497 e. The lowest BCUT2D eigenvalue weighted by Gasteiger charge is -2.63. The van der Waals surface area contributed by atoms with Gasteiger partial charge in [-0.25, -0.2) is 0 Å². The van der Waals surface area contributed by atoms with Crippen LogP contribution in [0.15, 0.2) is 24.3 Å². The first-order valence-corrected chi connectivity index (χ1v) is 14.6. The number of benzene rings is 1. The number of amides is 1. The van der Waals surface area contributed by atoms with Crippen LogP contribution >= 0.6 is 0 Å². The summed E-state index contributed by atoms with van der Waals surface area (Å²) >= 11 is 0. The summed E-state index contributed by atoms with van der Waals surface area (Å²) in [5, 5.41) is 36.5. The highest BCUT2D eigenvalue weighted by Gasteiger charge is 2.65. The molecular weight excluding hydrogens is 466 g/mol. The fraction of sp³-hybridized carbons (Fsp3) is 0.774. The highest BCUT2D eigenvalue weighted by Crippen LogP contribution is 2.68. The minimum absolute atomic E-state index is 0.0159. The third kappa shape index (κ3) is 4.61. The second-order valence-corrected chi connectivity index (χ2v) is 13.3. The Balaban J connectivity index is 1.26. The first kappa shape index (κ1) is 27.0. The van der Waals surface area contributed by atoms with E-state index < -0.39 is 6.10 Å². The third-order valence-electron chi connectivity index (χ3n) is 11.7. The van der Waals surface area contributed by atoms with Crippen LogP contribution in [0, 0.1) is 46.3 Å². The Labute approximate surface area is 222 Å². The molecule has 6 nitrogen and oxygen atoms in total. The van der Waals surface area contributed by atoms with Gasteiger partial charge in [-0.05, 0) is 122 Å². The van der Waals surface area contributed by atoms with Gasteiger partial charge in [-0.15, -0.1) is 0 Å². The van der Waals surface area contributed by atoms with Crippen LogP contribution in [0.25, 0.3) is 0 Å². The zero-order valence-corrected chi connectivity index (χ0v) is 23.0. The number of carbonyl (C=O) groups excluding carboxylic acids is 1. The summed E-state index contributed by atoms with van der Waals surface area (Å²) in [6, 6.07) is 7.39. The third-order valence-corrected chi connectivity index (χ3v) is 11.7. The number of aliphatic hydroxyl groups is 3. The van der Waals surface area contributed by atoms with E-state index in [1.165, 1.54) is 0 Å². The molecule has 6 heteroatoms. The number of rotatable bonds is 6. The second kappa shape index (κ2) is 10.2. The van der Waals surface area contributed by atoms with Gasteiger partial charge in [0, 0.05) is 12.1 Å². The number of hydrogen-bond donors (Lipinski definition) is 4. The van der Waals surface area contributed by atoms with Crippen LogP contribution in [0.2, 0.25) is 0 Å². The maximum absolute atomic E-state index is 12.7. The van der Waals surface area contributed by atoms with Crippen molar-refractivity contribution in [3.8, 4) is 5.75 Å². The molecule has 0 heterocycles. The Morgan fingerprint density at radius 2 is 1.78 bits per heavy atom. The molecule has 5 rings (SSSR count). The maximum atomic E-state index is 12.7. The number of anilines is 1. The molecule has 4 aliphatic rings. The van der Waals surface area contributed by atoms with Gasteiger partial charge in [0.2, 0.25) is 5.91 Å². The molecule has 0 aromatic heterocycles. The number of hydrogen-bond acceptors (Lipinski definition) is 5. The van der Waals surface area contributed by atoms with Crippen molar-refractivity contribution in [2.45, 2.75) is 96.9 Å². The topological polar surface area (TPSA) is 99.0 Å². The number of nitrogens with one attached hydrogen (secondary N) is 1. The maximum Gasteiger partial charge on any atom is 0.224 e. The van der Waals surface area contributed by atoms with Crippen molar-refractivity contribution >= 4 is 11.6 Å². The second-order valence-electron chi connectivity index (χ2n) is 13.3. The van der Waals surface area contributed by atoms with E-state index in [0.29, 0.717) is 36.0 Å². The molecule has 0 bridgehead atoms. The monoisotopic (exact) mass is 513 g/mol. The lowest BCUT2D eigenvalue weighted by Crippen LogP contribution is -2.62. The molecule has 1 aromatic carbocycles. The van der Waals surface area contributed by atoms with E-state index in [4.69, 9.17) is 4.74 Å². The summed E-state index contributed by atoms with van der Waals surface area (Å²) in [5.74, 6) is 2.61. The van der Waals surface area contributed by atoms with Gasteiger partial charge in [-0.1, -0.05) is 20.8 Å². The average Bonchev–Trinajstić information content (AvgIpc) is 3.23. The van der Waals surface area contributed by atoms with E-state index in [1.807, 2.05) is 24.3 Å². The van der Waals surface area contributed by atoms with Gasteiger partial charge in [-0.3, -0.25) is 4.79 Å². The summed E-state index contributed by atoms with van der Waals surface area (Å²) in [4.78, 5) is 12.7. The van der Waals surface area contributed by atoms with Crippen LogP contribution in [0.1, 0.15) is 78.6 Å². The van der Waals surface area contributed by atoms with Crippen molar-refractivity contribution in [2.24, 2.45) is 46.3 Å². The first-order chi connectivity index (χ1) is 17.6. The Morgan fingerprint density at radius 1 is 1.05 bits per heavy atom. The number of methoxy groups -OCH3 is 1. The molecule has 4 N–H and O–H groups in total. The Morgan fingerprint density at radius 3 is 2.49 bits per heavy atom. The molecule has 206 valence electrons. The molecule has 1 aromatic rings. The number of ether oxygens (including phenoxy) is 1. The van der Waals surface area contributed by atoms with Crippen LogP contribution in [-0.2, 0) is 4.79 Å². The predicted molar refractivity (Wildman–Crippen MR) is 144 cm³/mol. The van der Waals surface area contributed by atoms with Crippen molar-refractivity contribution in [3.05, 3.63) is 24.3 Å². The van der Waals surface area contributed by atoms with Crippen LogP contribution in [0.5, 0.6) is 5.75 Å². The van der Waals surface area contributed by atoms with Crippen LogP contribution in [0.3, 0.4) is 0 Å². The highest BCUT2D eigenvalue weighted by atomic mass is 16.5. The molecule has 0 aliphatic heterocycles. The summed E-state index contributed by atoms with van der Waals surface area (Å²) < 4.78 is 5.19. The summed E-state index contributed by atoms with van der Waals surface area (Å²) in [6.07, 6.45) is 6.48. The van der Waals surface area contributed by atoms with Crippen LogP contribution in [0.4, 0.5) is 5.69 Å². The van der Waals surface area contributed by atoms with Crippen molar-refractivity contribution in [1.29, 1.82) is 0 Å². The standard InChI is InChI=1S/C31H47NO5/c1-18(5-12-28(36)32-20-6-8-22(37-4)9-7-20)23-10-11-24-29-25(17-27(35)31(23,24)3)30(2)14-13-21(33)15-19(30)16-26(29)34/h6-9,18-19,21,23-27,29,33-35H,5,10-17H2,1-4H3,(H,32,36)/t18-,19?,21-,23-,24?,25?,26-,27+,29?,30+,31-/m1/s1. The zero-order valence-electron chi connectivity index (χ0n) is 23.0. The normalized spacial score (nSPS) is 43.8. The zero-order chi connectivity index (χ0) is 26.5. The van der Waals surface area contributed by atoms with E-state index in [1.54, 1.807) is 7.11 Å². The first-order valence-electron chi connectivity index (χ1n) is 14.6. The molecule has 4 fully saturated rings. The van der Waals surface area contributed by atoms with Gasteiger partial charge in [0.15, 0.2) is 0 Å². The molecule has 4 saturated carbocycles. The van der Waals surface area contributed by atoms with Gasteiger partial charge >= 0.3 is 0 Å².